The van der Waals surface area contributed by atoms with E-state index in [2.05, 4.69) is 20.2 Å². The molecule has 0 amide bonds. The van der Waals surface area contributed by atoms with E-state index in [1.807, 2.05) is 31.2 Å². The van der Waals surface area contributed by atoms with Gasteiger partial charge in [-0.3, -0.25) is 5.10 Å². The van der Waals surface area contributed by atoms with E-state index in [1.54, 1.807) is 12.4 Å². The third-order valence-electron chi connectivity index (χ3n) is 3.64. The molecule has 1 aromatic carbocycles. The van der Waals surface area contributed by atoms with Crippen LogP contribution in [0.1, 0.15) is 11.4 Å². The van der Waals surface area contributed by atoms with Crippen molar-refractivity contribution < 1.29 is 9.47 Å². The number of benzene rings is 1. The van der Waals surface area contributed by atoms with Gasteiger partial charge >= 0.3 is 0 Å². The van der Waals surface area contributed by atoms with Crippen LogP contribution in [0.15, 0.2) is 36.7 Å². The Labute approximate surface area is 127 Å². The van der Waals surface area contributed by atoms with Crippen molar-refractivity contribution in [3.05, 3.63) is 48.0 Å². The molecule has 22 heavy (non-hydrogen) atoms. The molecule has 2 aromatic heterocycles. The SMILES string of the molecule is Cc1nccc(-c2[nH]ncc2-c2cccc3c2COCO3)n1. The van der Waals surface area contributed by atoms with E-state index >= 15 is 0 Å². The quantitative estimate of drug-likeness (QED) is 0.786. The van der Waals surface area contributed by atoms with Crippen molar-refractivity contribution in [1.82, 2.24) is 20.2 Å². The number of rotatable bonds is 2. The van der Waals surface area contributed by atoms with E-state index in [9.17, 15) is 0 Å². The monoisotopic (exact) mass is 294 g/mol. The molecule has 0 saturated heterocycles. The molecule has 0 spiro atoms. The number of aromatic amines is 1. The summed E-state index contributed by atoms with van der Waals surface area (Å²) in [5, 5.41) is 7.22. The van der Waals surface area contributed by atoms with Gasteiger partial charge in [0, 0.05) is 17.3 Å². The van der Waals surface area contributed by atoms with Gasteiger partial charge in [-0.25, -0.2) is 9.97 Å². The molecule has 110 valence electrons. The lowest BCUT2D eigenvalue weighted by Crippen LogP contribution is -2.12. The topological polar surface area (TPSA) is 72.9 Å². The summed E-state index contributed by atoms with van der Waals surface area (Å²) in [5.74, 6) is 1.58. The summed E-state index contributed by atoms with van der Waals surface area (Å²) < 4.78 is 11.0. The lowest BCUT2D eigenvalue weighted by atomic mass is 9.98. The summed E-state index contributed by atoms with van der Waals surface area (Å²) in [6.45, 7) is 2.68. The Kier molecular flexibility index (Phi) is 3.08. The van der Waals surface area contributed by atoms with Crippen molar-refractivity contribution in [1.29, 1.82) is 0 Å². The number of nitrogens with zero attached hydrogens (tertiary/aromatic N) is 3. The predicted molar refractivity (Wildman–Crippen MR) is 80.1 cm³/mol. The number of ether oxygens (including phenoxy) is 2. The van der Waals surface area contributed by atoms with E-state index in [0.717, 1.165) is 39.7 Å². The van der Waals surface area contributed by atoms with Gasteiger partial charge in [-0.05, 0) is 24.6 Å². The molecule has 3 heterocycles. The predicted octanol–water partition coefficient (Wildman–Crippen LogP) is 2.71. The lowest BCUT2D eigenvalue weighted by Gasteiger charge is -2.20. The highest BCUT2D eigenvalue weighted by Crippen LogP contribution is 2.37. The van der Waals surface area contributed by atoms with Gasteiger partial charge in [0.1, 0.15) is 11.6 Å². The first-order chi connectivity index (χ1) is 10.8. The van der Waals surface area contributed by atoms with E-state index in [0.29, 0.717) is 13.4 Å². The van der Waals surface area contributed by atoms with Crippen LogP contribution in [0.2, 0.25) is 0 Å². The molecule has 0 bridgehead atoms. The fourth-order valence-electron chi connectivity index (χ4n) is 2.63. The maximum absolute atomic E-state index is 5.55. The van der Waals surface area contributed by atoms with Gasteiger partial charge in [-0.2, -0.15) is 5.10 Å². The Morgan fingerprint density at radius 1 is 1.18 bits per heavy atom. The average molecular weight is 294 g/mol. The minimum atomic E-state index is 0.291. The molecule has 0 aliphatic carbocycles. The highest BCUT2D eigenvalue weighted by Gasteiger charge is 2.19. The largest absolute Gasteiger partial charge is 0.467 e. The van der Waals surface area contributed by atoms with Crippen molar-refractivity contribution in [2.75, 3.05) is 6.79 Å². The molecule has 0 radical (unpaired) electrons. The summed E-state index contributed by atoms with van der Waals surface area (Å²) >= 11 is 0. The fourth-order valence-corrected chi connectivity index (χ4v) is 2.63. The summed E-state index contributed by atoms with van der Waals surface area (Å²) in [5.41, 5.74) is 4.73. The van der Waals surface area contributed by atoms with Crippen LogP contribution >= 0.6 is 0 Å². The molecule has 0 fully saturated rings. The molecule has 4 rings (SSSR count). The van der Waals surface area contributed by atoms with Crippen LogP contribution in [0.4, 0.5) is 0 Å². The van der Waals surface area contributed by atoms with Crippen LogP contribution in [0.5, 0.6) is 5.75 Å². The average Bonchev–Trinajstić information content (AvgIpc) is 3.04. The van der Waals surface area contributed by atoms with E-state index < -0.39 is 0 Å². The Morgan fingerprint density at radius 2 is 2.14 bits per heavy atom. The van der Waals surface area contributed by atoms with Crippen LogP contribution in [0.25, 0.3) is 22.5 Å². The normalized spacial score (nSPS) is 13.5. The standard InChI is InChI=1S/C16H14N4O2/c1-10-17-6-5-14(19-10)16-12(7-18-20-16)11-3-2-4-15-13(11)8-21-9-22-15/h2-7H,8-9H2,1H3,(H,18,20). The first-order valence-electron chi connectivity index (χ1n) is 6.99. The summed E-state index contributed by atoms with van der Waals surface area (Å²) in [6, 6.07) is 7.84. The van der Waals surface area contributed by atoms with Crippen molar-refractivity contribution in [2.45, 2.75) is 13.5 Å². The molecule has 6 heteroatoms. The van der Waals surface area contributed by atoms with E-state index in [1.165, 1.54) is 0 Å². The zero-order chi connectivity index (χ0) is 14.9. The Balaban J connectivity index is 1.87. The molecule has 6 nitrogen and oxygen atoms in total. The second-order valence-electron chi connectivity index (χ2n) is 5.04. The molecular weight excluding hydrogens is 280 g/mol. The van der Waals surface area contributed by atoms with E-state index in [4.69, 9.17) is 9.47 Å². The minimum absolute atomic E-state index is 0.291. The number of hydrogen-bond donors (Lipinski definition) is 1. The Hall–Kier alpha value is -2.73. The smallest absolute Gasteiger partial charge is 0.189 e. The number of aryl methyl sites for hydroxylation is 1. The molecule has 0 unspecified atom stereocenters. The van der Waals surface area contributed by atoms with Crippen molar-refractivity contribution in [3.63, 3.8) is 0 Å². The number of fused-ring (bicyclic) bond motifs is 1. The first-order valence-corrected chi connectivity index (χ1v) is 6.99. The number of nitrogens with one attached hydrogen (secondary N) is 1. The Bertz CT molecular complexity index is 829. The third kappa shape index (κ3) is 2.14. The van der Waals surface area contributed by atoms with Crippen molar-refractivity contribution >= 4 is 0 Å². The van der Waals surface area contributed by atoms with Crippen LogP contribution in [0.3, 0.4) is 0 Å². The van der Waals surface area contributed by atoms with Crippen LogP contribution < -0.4 is 4.74 Å². The van der Waals surface area contributed by atoms with E-state index in [-0.39, 0.29) is 0 Å². The second kappa shape index (κ2) is 5.23. The van der Waals surface area contributed by atoms with Crippen LogP contribution in [0, 0.1) is 6.92 Å². The first kappa shape index (κ1) is 13.0. The molecule has 3 aromatic rings. The Morgan fingerprint density at radius 3 is 3.05 bits per heavy atom. The maximum Gasteiger partial charge on any atom is 0.189 e. The molecule has 0 saturated carbocycles. The highest BCUT2D eigenvalue weighted by atomic mass is 16.7. The van der Waals surface area contributed by atoms with Gasteiger partial charge in [-0.1, -0.05) is 12.1 Å². The molecule has 1 N–H and O–H groups in total. The summed E-state index contributed by atoms with van der Waals surface area (Å²) in [7, 11) is 0. The fraction of sp³-hybridized carbons (Fsp3) is 0.188. The zero-order valence-corrected chi connectivity index (χ0v) is 12.0. The molecular formula is C16H14N4O2. The third-order valence-corrected chi connectivity index (χ3v) is 3.64. The summed E-state index contributed by atoms with van der Waals surface area (Å²) in [4.78, 5) is 8.61. The van der Waals surface area contributed by atoms with Gasteiger partial charge in [0.25, 0.3) is 0 Å². The van der Waals surface area contributed by atoms with Crippen molar-refractivity contribution in [2.24, 2.45) is 0 Å². The maximum atomic E-state index is 5.55. The van der Waals surface area contributed by atoms with Crippen LogP contribution in [-0.4, -0.2) is 27.0 Å². The molecule has 0 atom stereocenters. The minimum Gasteiger partial charge on any atom is -0.467 e. The highest BCUT2D eigenvalue weighted by molar-refractivity contribution is 5.81. The van der Waals surface area contributed by atoms with Gasteiger partial charge in [0.15, 0.2) is 6.79 Å². The molecule has 1 aliphatic heterocycles. The summed E-state index contributed by atoms with van der Waals surface area (Å²) in [6.07, 6.45) is 3.55. The van der Waals surface area contributed by atoms with Gasteiger partial charge in [0.2, 0.25) is 0 Å². The zero-order valence-electron chi connectivity index (χ0n) is 12.0. The number of aromatic nitrogens is 4. The van der Waals surface area contributed by atoms with Gasteiger partial charge in [-0.15, -0.1) is 0 Å². The van der Waals surface area contributed by atoms with Gasteiger partial charge < -0.3 is 9.47 Å². The number of hydrogen-bond acceptors (Lipinski definition) is 5. The second-order valence-corrected chi connectivity index (χ2v) is 5.04. The van der Waals surface area contributed by atoms with Crippen LogP contribution in [-0.2, 0) is 11.3 Å². The van der Waals surface area contributed by atoms with Crippen molar-refractivity contribution in [3.8, 4) is 28.3 Å². The molecule has 1 aliphatic rings. The lowest BCUT2D eigenvalue weighted by molar-refractivity contribution is -0.0160. The number of H-pyrrole nitrogens is 1. The van der Waals surface area contributed by atoms with Gasteiger partial charge in [0.05, 0.1) is 24.2 Å².